The quantitative estimate of drug-likeness (QED) is 0.277. The summed E-state index contributed by atoms with van der Waals surface area (Å²) in [5.41, 5.74) is 5.51. The van der Waals surface area contributed by atoms with E-state index in [9.17, 15) is 4.79 Å². The van der Waals surface area contributed by atoms with E-state index in [0.29, 0.717) is 15.8 Å². The molecular weight excluding hydrogens is 516 g/mol. The number of carbonyl (C=O) groups is 1. The Balaban J connectivity index is 1.61. The average molecular weight is 545 g/mol. The lowest BCUT2D eigenvalue weighted by Crippen LogP contribution is -2.29. The van der Waals surface area contributed by atoms with Gasteiger partial charge in [0.2, 0.25) is 5.91 Å². The number of aryl methyl sites for hydroxylation is 1. The average Bonchev–Trinajstić information content (AvgIpc) is 3.41. The molecule has 1 aromatic carbocycles. The first-order valence-corrected chi connectivity index (χ1v) is 13.3. The molecule has 0 saturated carbocycles. The van der Waals surface area contributed by atoms with Gasteiger partial charge in [0.15, 0.2) is 5.11 Å². The van der Waals surface area contributed by atoms with Gasteiger partial charge in [0, 0.05) is 35.4 Å². The van der Waals surface area contributed by atoms with E-state index in [1.165, 1.54) is 0 Å². The number of aromatic nitrogens is 3. The summed E-state index contributed by atoms with van der Waals surface area (Å²) >= 11 is 12.6. The van der Waals surface area contributed by atoms with E-state index in [1.54, 1.807) is 12.4 Å². The Kier molecular flexibility index (Phi) is 7.19. The van der Waals surface area contributed by atoms with E-state index in [0.717, 1.165) is 34.2 Å². The Morgan fingerprint density at radius 3 is 2.42 bits per heavy atom. The topological polar surface area (TPSA) is 75.1 Å². The standard InChI is InChI=1S/C29H29ClN6OS/c1-17(2)28(37)33-23-12-11-20(16-22(23)30)36-27(26(34-29(36)38)24-9-5-7-13-31-24)21-15-18(3)35(19(21)4)25-10-6-8-14-32-25/h5-17,26-27H,1-4H3,(H,33,37)(H,34,38)/t26-,27+/m1/s1. The third-order valence-corrected chi connectivity index (χ3v) is 7.41. The van der Waals surface area contributed by atoms with E-state index in [4.69, 9.17) is 23.8 Å². The highest BCUT2D eigenvalue weighted by atomic mass is 35.5. The van der Waals surface area contributed by atoms with Crippen LogP contribution < -0.4 is 15.5 Å². The third kappa shape index (κ3) is 4.77. The Morgan fingerprint density at radius 1 is 1.05 bits per heavy atom. The number of anilines is 2. The highest BCUT2D eigenvalue weighted by Gasteiger charge is 2.42. The zero-order chi connectivity index (χ0) is 27.0. The number of hydrogen-bond donors (Lipinski definition) is 2. The molecule has 0 bridgehead atoms. The van der Waals surface area contributed by atoms with Crippen LogP contribution >= 0.6 is 23.8 Å². The van der Waals surface area contributed by atoms with Crippen LogP contribution in [0.25, 0.3) is 5.82 Å². The summed E-state index contributed by atoms with van der Waals surface area (Å²) in [6.45, 7) is 7.87. The van der Waals surface area contributed by atoms with Crippen molar-refractivity contribution in [3.63, 3.8) is 0 Å². The van der Waals surface area contributed by atoms with Gasteiger partial charge in [-0.3, -0.25) is 9.78 Å². The Labute approximate surface area is 232 Å². The number of nitrogens with zero attached hydrogens (tertiary/aromatic N) is 4. The SMILES string of the molecule is Cc1cc([C@H]2[C@@H](c3ccccn3)NC(=S)N2c2ccc(NC(=O)C(C)C)c(Cl)c2)c(C)n1-c1ccccn1. The number of nitrogens with one attached hydrogen (secondary N) is 2. The summed E-state index contributed by atoms with van der Waals surface area (Å²) in [5.74, 6) is 0.614. The maximum Gasteiger partial charge on any atom is 0.226 e. The Morgan fingerprint density at radius 2 is 1.79 bits per heavy atom. The van der Waals surface area contributed by atoms with Gasteiger partial charge in [0.1, 0.15) is 5.82 Å². The second-order valence-electron chi connectivity index (χ2n) is 9.65. The van der Waals surface area contributed by atoms with Gasteiger partial charge in [0.05, 0.1) is 28.5 Å². The minimum atomic E-state index is -0.201. The predicted octanol–water partition coefficient (Wildman–Crippen LogP) is 6.31. The molecule has 38 heavy (non-hydrogen) atoms. The first kappa shape index (κ1) is 25.9. The van der Waals surface area contributed by atoms with Gasteiger partial charge >= 0.3 is 0 Å². The smallest absolute Gasteiger partial charge is 0.226 e. The van der Waals surface area contributed by atoms with Crippen molar-refractivity contribution in [1.82, 2.24) is 19.9 Å². The van der Waals surface area contributed by atoms with Crippen LogP contribution in [0.15, 0.2) is 73.1 Å². The molecule has 4 aromatic rings. The molecule has 0 spiro atoms. The molecule has 1 saturated heterocycles. The van der Waals surface area contributed by atoms with Crippen molar-refractivity contribution in [3.8, 4) is 5.82 Å². The lowest BCUT2D eigenvalue weighted by Gasteiger charge is -2.28. The molecule has 5 rings (SSSR count). The van der Waals surface area contributed by atoms with E-state index in [2.05, 4.69) is 50.0 Å². The monoisotopic (exact) mass is 544 g/mol. The first-order valence-electron chi connectivity index (χ1n) is 12.5. The molecule has 4 heterocycles. The number of rotatable bonds is 6. The van der Waals surface area contributed by atoms with Gasteiger partial charge in [-0.2, -0.15) is 0 Å². The van der Waals surface area contributed by atoms with E-state index in [-0.39, 0.29) is 23.9 Å². The van der Waals surface area contributed by atoms with Gasteiger partial charge in [-0.15, -0.1) is 0 Å². The fraction of sp³-hybridized carbons (Fsp3) is 0.241. The number of hydrogen-bond acceptors (Lipinski definition) is 4. The molecule has 2 N–H and O–H groups in total. The fourth-order valence-corrected chi connectivity index (χ4v) is 5.47. The maximum absolute atomic E-state index is 12.3. The molecule has 0 unspecified atom stereocenters. The van der Waals surface area contributed by atoms with Crippen LogP contribution in [-0.4, -0.2) is 25.6 Å². The number of amides is 1. The summed E-state index contributed by atoms with van der Waals surface area (Å²) in [5, 5.41) is 7.41. The third-order valence-electron chi connectivity index (χ3n) is 6.78. The van der Waals surface area contributed by atoms with Crippen molar-refractivity contribution in [2.24, 2.45) is 5.92 Å². The number of carbonyl (C=O) groups excluding carboxylic acids is 1. The summed E-state index contributed by atoms with van der Waals surface area (Å²) in [4.78, 5) is 23.6. The van der Waals surface area contributed by atoms with Crippen molar-refractivity contribution >= 4 is 46.2 Å². The molecular formula is C29H29ClN6OS. The van der Waals surface area contributed by atoms with E-state index in [1.807, 2.05) is 68.4 Å². The van der Waals surface area contributed by atoms with Crippen LogP contribution in [-0.2, 0) is 4.79 Å². The molecule has 7 nitrogen and oxygen atoms in total. The zero-order valence-electron chi connectivity index (χ0n) is 21.6. The largest absolute Gasteiger partial charge is 0.351 e. The van der Waals surface area contributed by atoms with Crippen LogP contribution in [0.1, 0.15) is 48.6 Å². The van der Waals surface area contributed by atoms with Gasteiger partial charge in [-0.05, 0) is 80.2 Å². The molecule has 9 heteroatoms. The van der Waals surface area contributed by atoms with Crippen molar-refractivity contribution < 1.29 is 4.79 Å². The highest BCUT2D eigenvalue weighted by Crippen LogP contribution is 2.44. The fourth-order valence-electron chi connectivity index (χ4n) is 4.91. The molecule has 2 atom stereocenters. The number of thiocarbonyl (C=S) groups is 1. The maximum atomic E-state index is 12.3. The Hall–Kier alpha value is -3.75. The van der Waals surface area contributed by atoms with Crippen LogP contribution in [0.2, 0.25) is 5.02 Å². The summed E-state index contributed by atoms with van der Waals surface area (Å²) in [6, 6.07) is 19.2. The minimum Gasteiger partial charge on any atom is -0.351 e. The van der Waals surface area contributed by atoms with Crippen molar-refractivity contribution in [2.75, 3.05) is 10.2 Å². The van der Waals surface area contributed by atoms with Gasteiger partial charge < -0.3 is 20.1 Å². The molecule has 1 aliphatic rings. The molecule has 0 radical (unpaired) electrons. The number of benzene rings is 1. The van der Waals surface area contributed by atoms with Gasteiger partial charge in [-0.25, -0.2) is 4.98 Å². The molecule has 1 fully saturated rings. The lowest BCUT2D eigenvalue weighted by atomic mass is 9.96. The van der Waals surface area contributed by atoms with E-state index < -0.39 is 0 Å². The van der Waals surface area contributed by atoms with Crippen molar-refractivity contribution in [1.29, 1.82) is 0 Å². The number of halogens is 1. The summed E-state index contributed by atoms with van der Waals surface area (Å²) in [7, 11) is 0. The van der Waals surface area contributed by atoms with E-state index >= 15 is 0 Å². The van der Waals surface area contributed by atoms with Crippen LogP contribution in [0.5, 0.6) is 0 Å². The molecule has 1 amide bonds. The van der Waals surface area contributed by atoms with Crippen molar-refractivity contribution in [2.45, 2.75) is 39.8 Å². The Bertz CT molecular complexity index is 1490. The van der Waals surface area contributed by atoms with Gasteiger partial charge in [-0.1, -0.05) is 37.6 Å². The molecule has 1 aliphatic heterocycles. The van der Waals surface area contributed by atoms with Crippen molar-refractivity contribution in [3.05, 3.63) is 101 Å². The minimum absolute atomic E-state index is 0.0898. The van der Waals surface area contributed by atoms with Crippen LogP contribution in [0.4, 0.5) is 11.4 Å². The van der Waals surface area contributed by atoms with Crippen LogP contribution in [0, 0.1) is 19.8 Å². The summed E-state index contributed by atoms with van der Waals surface area (Å²) < 4.78 is 2.15. The van der Waals surface area contributed by atoms with Crippen LogP contribution in [0.3, 0.4) is 0 Å². The molecule has 3 aromatic heterocycles. The molecule has 0 aliphatic carbocycles. The zero-order valence-corrected chi connectivity index (χ0v) is 23.2. The predicted molar refractivity (Wildman–Crippen MR) is 156 cm³/mol. The summed E-state index contributed by atoms with van der Waals surface area (Å²) in [6.07, 6.45) is 3.59. The molecule has 194 valence electrons. The second-order valence-corrected chi connectivity index (χ2v) is 10.4. The normalized spacial score (nSPS) is 17.1. The lowest BCUT2D eigenvalue weighted by molar-refractivity contribution is -0.118. The van der Waals surface area contributed by atoms with Gasteiger partial charge in [0.25, 0.3) is 0 Å². The highest BCUT2D eigenvalue weighted by molar-refractivity contribution is 7.80. The second kappa shape index (κ2) is 10.6. The first-order chi connectivity index (χ1) is 18.3. The number of pyridine rings is 2.